The van der Waals surface area contributed by atoms with E-state index in [-0.39, 0.29) is 12.4 Å². The van der Waals surface area contributed by atoms with Crippen molar-refractivity contribution in [2.45, 2.75) is 31.7 Å². The molecule has 4 nitrogen and oxygen atoms in total. The lowest BCUT2D eigenvalue weighted by Gasteiger charge is -2.24. The molecule has 0 spiro atoms. The smallest absolute Gasteiger partial charge is 0.137 e. The minimum Gasteiger partial charge on any atom is -0.343 e. The number of nitrogens with zero attached hydrogens (tertiary/aromatic N) is 2. The fourth-order valence-electron chi connectivity index (χ4n) is 4.04. The summed E-state index contributed by atoms with van der Waals surface area (Å²) in [4.78, 5) is 10.7. The Bertz CT molecular complexity index is 840. The van der Waals surface area contributed by atoms with Crippen LogP contribution in [0.25, 0.3) is 11.0 Å². The lowest BCUT2D eigenvalue weighted by molar-refractivity contribution is 0.329. The zero-order chi connectivity index (χ0) is 17.8. The third-order valence-corrected chi connectivity index (χ3v) is 5.51. The van der Waals surface area contributed by atoms with Crippen molar-refractivity contribution in [1.29, 1.82) is 0 Å². The average Bonchev–Trinajstić information content (AvgIpc) is 3.06. The zero-order valence-corrected chi connectivity index (χ0v) is 16.8. The summed E-state index contributed by atoms with van der Waals surface area (Å²) in [6.07, 6.45) is 5.37. The van der Waals surface area contributed by atoms with Crippen molar-refractivity contribution in [1.82, 2.24) is 20.2 Å². The fourth-order valence-corrected chi connectivity index (χ4v) is 4.04. The van der Waals surface area contributed by atoms with Gasteiger partial charge in [-0.15, -0.1) is 12.4 Å². The van der Waals surface area contributed by atoms with Gasteiger partial charge in [-0.3, -0.25) is 0 Å². The Balaban J connectivity index is 0.00000210. The molecule has 0 aliphatic carbocycles. The van der Waals surface area contributed by atoms with Crippen LogP contribution in [0.1, 0.15) is 35.6 Å². The maximum absolute atomic E-state index is 4.57. The van der Waals surface area contributed by atoms with Crippen LogP contribution in [0.4, 0.5) is 0 Å². The lowest BCUT2D eigenvalue weighted by atomic mass is 9.91. The zero-order valence-electron chi connectivity index (χ0n) is 15.9. The first-order chi connectivity index (χ1) is 12.8. The summed E-state index contributed by atoms with van der Waals surface area (Å²) in [7, 11) is 2.23. The molecule has 1 aliphatic rings. The molecule has 1 aliphatic heterocycles. The predicted octanol–water partition coefficient (Wildman–Crippen LogP) is 4.13. The van der Waals surface area contributed by atoms with E-state index in [4.69, 9.17) is 0 Å². The number of benzene rings is 1. The highest BCUT2D eigenvalue weighted by atomic mass is 35.5. The highest BCUT2D eigenvalue weighted by Crippen LogP contribution is 2.32. The Morgan fingerprint density at radius 1 is 1.07 bits per heavy atom. The SMILES string of the molecule is CN(CCc1ccccc1)Cc1c(C2CCNCC2)[nH]c2ncccc12.Cl. The highest BCUT2D eigenvalue weighted by Gasteiger charge is 2.23. The fraction of sp³-hybridized carbons (Fsp3) is 0.409. The van der Waals surface area contributed by atoms with Gasteiger partial charge in [0.05, 0.1) is 0 Å². The predicted molar refractivity (Wildman–Crippen MR) is 115 cm³/mol. The summed E-state index contributed by atoms with van der Waals surface area (Å²) in [5, 5.41) is 4.76. The second kappa shape index (κ2) is 9.36. The largest absolute Gasteiger partial charge is 0.343 e. The lowest BCUT2D eigenvalue weighted by Crippen LogP contribution is -2.28. The molecule has 3 heterocycles. The van der Waals surface area contributed by atoms with Crippen molar-refractivity contribution >= 4 is 23.4 Å². The van der Waals surface area contributed by atoms with Crippen molar-refractivity contribution in [2.24, 2.45) is 0 Å². The number of hydrogen-bond acceptors (Lipinski definition) is 3. The molecule has 144 valence electrons. The molecule has 2 aromatic heterocycles. The van der Waals surface area contributed by atoms with Gasteiger partial charge in [0.1, 0.15) is 5.65 Å². The number of rotatable bonds is 6. The van der Waals surface area contributed by atoms with Gasteiger partial charge in [-0.2, -0.15) is 0 Å². The van der Waals surface area contributed by atoms with E-state index in [9.17, 15) is 0 Å². The molecule has 0 saturated carbocycles. The van der Waals surface area contributed by atoms with Gasteiger partial charge in [-0.1, -0.05) is 30.3 Å². The molecule has 5 heteroatoms. The van der Waals surface area contributed by atoms with E-state index in [1.807, 2.05) is 6.20 Å². The van der Waals surface area contributed by atoms with E-state index in [1.165, 1.54) is 35.0 Å². The highest BCUT2D eigenvalue weighted by molar-refractivity contribution is 5.85. The van der Waals surface area contributed by atoms with Crippen molar-refractivity contribution < 1.29 is 0 Å². The molecule has 0 atom stereocenters. The molecule has 4 rings (SSSR count). The third-order valence-electron chi connectivity index (χ3n) is 5.51. The number of halogens is 1. The number of aromatic amines is 1. The Hall–Kier alpha value is -1.88. The third kappa shape index (κ3) is 4.70. The number of H-pyrrole nitrogens is 1. The van der Waals surface area contributed by atoms with E-state index in [1.54, 1.807) is 0 Å². The van der Waals surface area contributed by atoms with Gasteiger partial charge >= 0.3 is 0 Å². The van der Waals surface area contributed by atoms with Gasteiger partial charge in [-0.25, -0.2) is 4.98 Å². The summed E-state index contributed by atoms with van der Waals surface area (Å²) in [5.74, 6) is 0.614. The first-order valence-corrected chi connectivity index (χ1v) is 9.70. The summed E-state index contributed by atoms with van der Waals surface area (Å²) < 4.78 is 0. The number of aromatic nitrogens is 2. The van der Waals surface area contributed by atoms with Crippen LogP contribution in [0.5, 0.6) is 0 Å². The summed E-state index contributed by atoms with van der Waals surface area (Å²) in [6, 6.07) is 15.0. The number of fused-ring (bicyclic) bond motifs is 1. The van der Waals surface area contributed by atoms with E-state index in [0.717, 1.165) is 38.2 Å². The van der Waals surface area contributed by atoms with Gasteiger partial charge in [0.2, 0.25) is 0 Å². The molecule has 27 heavy (non-hydrogen) atoms. The van der Waals surface area contributed by atoms with Crippen LogP contribution in [0.15, 0.2) is 48.7 Å². The first kappa shape index (κ1) is 19.9. The standard InChI is InChI=1S/C22H28N4.ClH/c1-26(15-11-17-6-3-2-4-7-17)16-20-19-8-5-12-24-22(19)25-21(20)18-9-13-23-14-10-18;/h2-8,12,18,23H,9-11,13-16H2,1H3,(H,24,25);1H. The average molecular weight is 385 g/mol. The molecule has 3 aromatic rings. The van der Waals surface area contributed by atoms with Crippen LogP contribution in [0, 0.1) is 0 Å². The van der Waals surface area contributed by atoms with Gasteiger partial charge < -0.3 is 15.2 Å². The van der Waals surface area contributed by atoms with Crippen LogP contribution < -0.4 is 5.32 Å². The summed E-state index contributed by atoms with van der Waals surface area (Å²) in [5.41, 5.74) is 5.29. The second-order valence-corrected chi connectivity index (χ2v) is 7.41. The number of likely N-dealkylation sites (N-methyl/N-ethyl adjacent to an activating group) is 1. The van der Waals surface area contributed by atoms with Crippen LogP contribution in [-0.4, -0.2) is 41.5 Å². The Morgan fingerprint density at radius 2 is 1.85 bits per heavy atom. The Labute approximate surface area is 167 Å². The maximum Gasteiger partial charge on any atom is 0.137 e. The Morgan fingerprint density at radius 3 is 2.63 bits per heavy atom. The minimum absolute atomic E-state index is 0. The molecule has 0 amide bonds. The second-order valence-electron chi connectivity index (χ2n) is 7.41. The number of pyridine rings is 1. The van der Waals surface area contributed by atoms with E-state index in [0.29, 0.717) is 5.92 Å². The monoisotopic (exact) mass is 384 g/mol. The number of piperidine rings is 1. The summed E-state index contributed by atoms with van der Waals surface area (Å²) >= 11 is 0. The topological polar surface area (TPSA) is 44.0 Å². The van der Waals surface area contributed by atoms with E-state index < -0.39 is 0 Å². The quantitative estimate of drug-likeness (QED) is 0.671. The normalized spacial score (nSPS) is 15.2. The molecule has 0 unspecified atom stereocenters. The molecule has 2 N–H and O–H groups in total. The van der Waals surface area contributed by atoms with Gasteiger partial charge in [0.25, 0.3) is 0 Å². The number of hydrogen-bond donors (Lipinski definition) is 2. The number of nitrogens with one attached hydrogen (secondary N) is 2. The van der Waals surface area contributed by atoms with Crippen LogP contribution in [0.3, 0.4) is 0 Å². The Kier molecular flexibility index (Phi) is 6.89. The molecule has 1 fully saturated rings. The summed E-state index contributed by atoms with van der Waals surface area (Å²) in [6.45, 7) is 4.24. The van der Waals surface area contributed by atoms with Crippen molar-refractivity contribution in [3.05, 3.63) is 65.5 Å². The van der Waals surface area contributed by atoms with E-state index in [2.05, 4.69) is 69.7 Å². The molecular weight excluding hydrogens is 356 g/mol. The van der Waals surface area contributed by atoms with Crippen LogP contribution >= 0.6 is 12.4 Å². The molecular formula is C22H29ClN4. The van der Waals surface area contributed by atoms with Gasteiger partial charge in [0.15, 0.2) is 0 Å². The van der Waals surface area contributed by atoms with Gasteiger partial charge in [0, 0.05) is 36.3 Å². The van der Waals surface area contributed by atoms with Gasteiger partial charge in [-0.05, 0) is 62.7 Å². The van der Waals surface area contributed by atoms with Crippen LogP contribution in [0.2, 0.25) is 0 Å². The maximum atomic E-state index is 4.57. The van der Waals surface area contributed by atoms with Crippen molar-refractivity contribution in [3.8, 4) is 0 Å². The molecule has 1 aromatic carbocycles. The minimum atomic E-state index is 0. The van der Waals surface area contributed by atoms with Crippen molar-refractivity contribution in [3.63, 3.8) is 0 Å². The molecule has 0 radical (unpaired) electrons. The van der Waals surface area contributed by atoms with E-state index >= 15 is 0 Å². The van der Waals surface area contributed by atoms with Crippen molar-refractivity contribution in [2.75, 3.05) is 26.7 Å². The van der Waals surface area contributed by atoms with Crippen LogP contribution in [-0.2, 0) is 13.0 Å². The molecule has 0 bridgehead atoms. The molecule has 1 saturated heterocycles. The first-order valence-electron chi connectivity index (χ1n) is 9.70.